The van der Waals surface area contributed by atoms with Gasteiger partial charge in [-0.2, -0.15) is 0 Å². The van der Waals surface area contributed by atoms with Crippen molar-refractivity contribution in [2.45, 2.75) is 13.5 Å². The van der Waals surface area contributed by atoms with Gasteiger partial charge in [-0.05, 0) is 30.7 Å². The summed E-state index contributed by atoms with van der Waals surface area (Å²) in [4.78, 5) is 11.8. The highest BCUT2D eigenvalue weighted by Crippen LogP contribution is 2.31. The quantitative estimate of drug-likeness (QED) is 0.763. The largest absolute Gasteiger partial charge is 0.311 e. The molecule has 1 aromatic carbocycles. The summed E-state index contributed by atoms with van der Waals surface area (Å²) in [6, 6.07) is 6.72. The molecule has 5 heteroatoms. The van der Waals surface area contributed by atoms with E-state index in [9.17, 15) is 4.79 Å². The zero-order chi connectivity index (χ0) is 13.3. The fraction of sp³-hybridized carbons (Fsp3) is 0.154. The normalized spacial score (nSPS) is 10.7. The molecule has 2 nitrogen and oxygen atoms in total. The molecule has 0 saturated heterocycles. The summed E-state index contributed by atoms with van der Waals surface area (Å²) in [6.45, 7) is 2.17. The summed E-state index contributed by atoms with van der Waals surface area (Å²) in [5, 5.41) is 1.31. The van der Waals surface area contributed by atoms with Gasteiger partial charge in [-0.15, -0.1) is 0 Å². The van der Waals surface area contributed by atoms with Crippen molar-refractivity contribution >= 4 is 34.8 Å². The lowest BCUT2D eigenvalue weighted by Crippen LogP contribution is -2.19. The molecule has 0 spiro atoms. The van der Waals surface area contributed by atoms with Crippen LogP contribution in [0.25, 0.3) is 0 Å². The summed E-state index contributed by atoms with van der Waals surface area (Å²) in [5.41, 5.74) is 1.47. The molecule has 0 bridgehead atoms. The lowest BCUT2D eigenvalue weighted by Gasteiger charge is -2.10. The number of aromatic nitrogens is 1. The van der Waals surface area contributed by atoms with Crippen molar-refractivity contribution in [3.05, 3.63) is 67.0 Å². The Hall–Kier alpha value is -0.960. The van der Waals surface area contributed by atoms with Gasteiger partial charge in [0, 0.05) is 22.8 Å². The van der Waals surface area contributed by atoms with E-state index in [1.807, 2.05) is 13.0 Å². The Morgan fingerprint density at radius 3 is 2.44 bits per heavy atom. The maximum Gasteiger partial charge on any atom is 0.251 e. The lowest BCUT2D eigenvalue weighted by molar-refractivity contribution is 0.757. The molecule has 1 aromatic heterocycles. The van der Waals surface area contributed by atoms with Crippen LogP contribution in [-0.4, -0.2) is 4.57 Å². The number of aryl methyl sites for hydroxylation is 1. The van der Waals surface area contributed by atoms with Crippen LogP contribution in [0.3, 0.4) is 0 Å². The zero-order valence-corrected chi connectivity index (χ0v) is 11.9. The Kier molecular flexibility index (Phi) is 4.00. The highest BCUT2D eigenvalue weighted by Gasteiger charge is 2.10. The molecule has 0 unspecified atom stereocenters. The summed E-state index contributed by atoms with van der Waals surface area (Å²) in [6.07, 6.45) is 1.71. The van der Waals surface area contributed by atoms with E-state index >= 15 is 0 Å². The minimum absolute atomic E-state index is 0.0953. The smallest absolute Gasteiger partial charge is 0.251 e. The first-order chi connectivity index (χ1) is 8.49. The molecular formula is C13H10Cl3NO. The molecule has 0 fully saturated rings. The molecule has 18 heavy (non-hydrogen) atoms. The van der Waals surface area contributed by atoms with Crippen molar-refractivity contribution in [3.63, 3.8) is 0 Å². The zero-order valence-electron chi connectivity index (χ0n) is 9.58. The Morgan fingerprint density at radius 1 is 1.11 bits per heavy atom. The highest BCUT2D eigenvalue weighted by atomic mass is 35.5. The van der Waals surface area contributed by atoms with Crippen LogP contribution in [0.4, 0.5) is 0 Å². The van der Waals surface area contributed by atoms with Gasteiger partial charge in [-0.1, -0.05) is 34.8 Å². The molecule has 0 atom stereocenters. The first kappa shape index (κ1) is 13.5. The van der Waals surface area contributed by atoms with Crippen LogP contribution in [0.5, 0.6) is 0 Å². The third-order valence-corrected chi connectivity index (χ3v) is 3.82. The Bertz CT molecular complexity index is 649. The maximum atomic E-state index is 11.8. The van der Waals surface area contributed by atoms with Crippen molar-refractivity contribution in [2.24, 2.45) is 0 Å². The average molecular weight is 303 g/mol. The molecule has 0 saturated carbocycles. The van der Waals surface area contributed by atoms with Crippen LogP contribution in [0, 0.1) is 6.92 Å². The number of rotatable bonds is 2. The number of pyridine rings is 1. The Balaban J connectivity index is 2.46. The van der Waals surface area contributed by atoms with Crippen molar-refractivity contribution in [2.75, 3.05) is 0 Å². The summed E-state index contributed by atoms with van der Waals surface area (Å²) in [5.74, 6) is 0. The van der Waals surface area contributed by atoms with Gasteiger partial charge in [-0.3, -0.25) is 4.79 Å². The topological polar surface area (TPSA) is 22.0 Å². The molecule has 2 aromatic rings. The second-order valence-corrected chi connectivity index (χ2v) is 5.18. The first-order valence-corrected chi connectivity index (χ1v) is 6.42. The van der Waals surface area contributed by atoms with Crippen molar-refractivity contribution < 1.29 is 0 Å². The standard InChI is InChI=1S/C13H10Cl3NO/c1-8-4-5-17(12(18)6-8)7-9-10(14)2-3-11(15)13(9)16/h2-6H,7H2,1H3. The second-order valence-electron chi connectivity index (χ2n) is 3.99. The van der Waals surface area contributed by atoms with Crippen LogP contribution in [-0.2, 0) is 6.54 Å². The van der Waals surface area contributed by atoms with Crippen LogP contribution in [0.15, 0.2) is 35.3 Å². The molecule has 0 aliphatic rings. The molecular weight excluding hydrogens is 293 g/mol. The van der Waals surface area contributed by atoms with Gasteiger partial charge in [0.25, 0.3) is 5.56 Å². The van der Waals surface area contributed by atoms with Crippen LogP contribution < -0.4 is 5.56 Å². The van der Waals surface area contributed by atoms with Crippen LogP contribution in [0.2, 0.25) is 15.1 Å². The molecule has 0 N–H and O–H groups in total. The molecule has 94 valence electrons. The van der Waals surface area contributed by atoms with Crippen molar-refractivity contribution in [1.82, 2.24) is 4.57 Å². The molecule has 1 heterocycles. The summed E-state index contributed by atoms with van der Waals surface area (Å²) >= 11 is 18.1. The molecule has 0 radical (unpaired) electrons. The molecule has 0 aliphatic heterocycles. The minimum atomic E-state index is -0.0953. The van der Waals surface area contributed by atoms with Gasteiger partial charge < -0.3 is 4.57 Å². The number of halogens is 3. The predicted octanol–water partition coefficient (Wildman–Crippen LogP) is 4.17. The number of nitrogens with zero attached hydrogens (tertiary/aromatic N) is 1. The third kappa shape index (κ3) is 2.72. The van der Waals surface area contributed by atoms with E-state index in [1.165, 1.54) is 4.57 Å². The van der Waals surface area contributed by atoms with Gasteiger partial charge in [0.15, 0.2) is 0 Å². The predicted molar refractivity (Wildman–Crippen MR) is 76.0 cm³/mol. The Morgan fingerprint density at radius 2 is 1.78 bits per heavy atom. The van der Waals surface area contributed by atoms with E-state index in [1.54, 1.807) is 24.4 Å². The van der Waals surface area contributed by atoms with Crippen LogP contribution >= 0.6 is 34.8 Å². The van der Waals surface area contributed by atoms with Gasteiger partial charge >= 0.3 is 0 Å². The number of hydrogen-bond acceptors (Lipinski definition) is 1. The lowest BCUT2D eigenvalue weighted by atomic mass is 10.2. The fourth-order valence-corrected chi connectivity index (χ4v) is 2.29. The molecule has 0 amide bonds. The minimum Gasteiger partial charge on any atom is -0.311 e. The van der Waals surface area contributed by atoms with E-state index in [4.69, 9.17) is 34.8 Å². The monoisotopic (exact) mass is 301 g/mol. The fourth-order valence-electron chi connectivity index (χ4n) is 1.62. The maximum absolute atomic E-state index is 11.8. The van der Waals surface area contributed by atoms with E-state index < -0.39 is 0 Å². The summed E-state index contributed by atoms with van der Waals surface area (Å²) in [7, 11) is 0. The van der Waals surface area contributed by atoms with Gasteiger partial charge in [-0.25, -0.2) is 0 Å². The van der Waals surface area contributed by atoms with E-state index in [-0.39, 0.29) is 5.56 Å². The van der Waals surface area contributed by atoms with Gasteiger partial charge in [0.1, 0.15) is 0 Å². The number of hydrogen-bond donors (Lipinski definition) is 0. The first-order valence-electron chi connectivity index (χ1n) is 5.28. The molecule has 0 aliphatic carbocycles. The van der Waals surface area contributed by atoms with Gasteiger partial charge in [0.05, 0.1) is 16.6 Å². The second kappa shape index (κ2) is 5.35. The van der Waals surface area contributed by atoms with E-state index in [0.717, 1.165) is 5.56 Å². The molecule has 2 rings (SSSR count). The van der Waals surface area contributed by atoms with Crippen molar-refractivity contribution in [3.8, 4) is 0 Å². The summed E-state index contributed by atoms with van der Waals surface area (Å²) < 4.78 is 1.54. The van der Waals surface area contributed by atoms with E-state index in [0.29, 0.717) is 27.2 Å². The Labute approximate surface area is 120 Å². The number of benzene rings is 1. The highest BCUT2D eigenvalue weighted by molar-refractivity contribution is 6.44. The van der Waals surface area contributed by atoms with Crippen LogP contribution in [0.1, 0.15) is 11.1 Å². The third-order valence-electron chi connectivity index (χ3n) is 2.62. The SMILES string of the molecule is Cc1ccn(Cc2c(Cl)ccc(Cl)c2Cl)c(=O)c1. The van der Waals surface area contributed by atoms with Gasteiger partial charge in [0.2, 0.25) is 0 Å². The average Bonchev–Trinajstić information content (AvgIpc) is 2.32. The van der Waals surface area contributed by atoms with Crippen molar-refractivity contribution in [1.29, 1.82) is 0 Å². The van der Waals surface area contributed by atoms with E-state index in [2.05, 4.69) is 0 Å².